The fraction of sp³-hybridized carbons (Fsp3) is 0.345. The molecule has 9 heteroatoms. The van der Waals surface area contributed by atoms with Crippen LogP contribution in [0.5, 0.6) is 5.75 Å². The van der Waals surface area contributed by atoms with Crippen molar-refractivity contribution in [1.82, 2.24) is 5.32 Å². The Labute approximate surface area is 223 Å². The maximum atomic E-state index is 12.9. The SMILES string of the molecule is Cc1cc(OCCO[Si](c2ccccc2)c2ccc(C(C)(C)C)cc2)ccc1C(=O)NC(C)(O)C(F)(F)F. The first-order valence-corrected chi connectivity index (χ1v) is 13.6. The Hall–Kier alpha value is -3.14. The van der Waals surface area contributed by atoms with Crippen molar-refractivity contribution in [2.45, 2.75) is 51.9 Å². The van der Waals surface area contributed by atoms with Gasteiger partial charge >= 0.3 is 6.18 Å². The quantitative estimate of drug-likeness (QED) is 0.237. The molecule has 3 aromatic carbocycles. The molecular formula is C29H33F3NO4Si. The van der Waals surface area contributed by atoms with Crippen molar-refractivity contribution in [2.24, 2.45) is 0 Å². The number of halogens is 3. The Kier molecular flexibility index (Phi) is 9.07. The van der Waals surface area contributed by atoms with Gasteiger partial charge in [0.05, 0.1) is 6.61 Å². The number of ether oxygens (including phenoxy) is 1. The van der Waals surface area contributed by atoms with Gasteiger partial charge in [-0.05, 0) is 59.0 Å². The van der Waals surface area contributed by atoms with E-state index in [1.165, 1.54) is 17.7 Å². The Morgan fingerprint density at radius 2 is 1.50 bits per heavy atom. The van der Waals surface area contributed by atoms with E-state index in [0.29, 0.717) is 24.8 Å². The zero-order chi connectivity index (χ0) is 28.1. The molecule has 1 atom stereocenters. The third-order valence-corrected chi connectivity index (χ3v) is 8.21. The van der Waals surface area contributed by atoms with Gasteiger partial charge in [-0.15, -0.1) is 0 Å². The van der Waals surface area contributed by atoms with E-state index in [2.05, 4.69) is 57.2 Å². The number of aliphatic hydroxyl groups is 1. The average molecular weight is 545 g/mol. The van der Waals surface area contributed by atoms with Gasteiger partial charge in [-0.3, -0.25) is 4.79 Å². The summed E-state index contributed by atoms with van der Waals surface area (Å²) >= 11 is 0. The van der Waals surface area contributed by atoms with Crippen LogP contribution in [0.25, 0.3) is 0 Å². The molecule has 0 bridgehead atoms. The minimum atomic E-state index is -5.01. The van der Waals surface area contributed by atoms with E-state index >= 15 is 0 Å². The first-order valence-electron chi connectivity index (χ1n) is 12.2. The van der Waals surface area contributed by atoms with E-state index in [0.717, 1.165) is 10.4 Å². The van der Waals surface area contributed by atoms with Gasteiger partial charge in [-0.1, -0.05) is 75.4 Å². The Bertz CT molecular complexity index is 1220. The lowest BCUT2D eigenvalue weighted by molar-refractivity contribution is -0.260. The van der Waals surface area contributed by atoms with Crippen molar-refractivity contribution in [3.8, 4) is 5.75 Å². The molecule has 0 spiro atoms. The van der Waals surface area contributed by atoms with E-state index in [9.17, 15) is 23.1 Å². The largest absolute Gasteiger partial charge is 0.491 e. The summed E-state index contributed by atoms with van der Waals surface area (Å²) in [5, 5.41) is 13.4. The van der Waals surface area contributed by atoms with Gasteiger partial charge in [-0.2, -0.15) is 13.2 Å². The number of hydrogen-bond acceptors (Lipinski definition) is 4. The van der Waals surface area contributed by atoms with E-state index in [4.69, 9.17) is 9.16 Å². The number of hydrogen-bond donors (Lipinski definition) is 2. The Balaban J connectivity index is 1.64. The molecule has 0 aliphatic heterocycles. The van der Waals surface area contributed by atoms with Gasteiger partial charge in [0, 0.05) is 5.56 Å². The fourth-order valence-corrected chi connectivity index (χ4v) is 5.61. The summed E-state index contributed by atoms with van der Waals surface area (Å²) in [7, 11) is -1.52. The van der Waals surface area contributed by atoms with E-state index in [1.807, 2.05) is 18.2 Å². The smallest absolute Gasteiger partial charge is 0.436 e. The molecule has 1 radical (unpaired) electrons. The van der Waals surface area contributed by atoms with Crippen LogP contribution in [0.2, 0.25) is 0 Å². The minimum Gasteiger partial charge on any atom is -0.491 e. The normalized spacial score (nSPS) is 13.7. The lowest BCUT2D eigenvalue weighted by atomic mass is 9.87. The molecule has 0 saturated carbocycles. The van der Waals surface area contributed by atoms with E-state index in [1.54, 1.807) is 18.3 Å². The van der Waals surface area contributed by atoms with Crippen LogP contribution in [0.3, 0.4) is 0 Å². The molecule has 38 heavy (non-hydrogen) atoms. The number of nitrogens with one attached hydrogen (secondary N) is 1. The van der Waals surface area contributed by atoms with Crippen LogP contribution in [0, 0.1) is 6.92 Å². The molecule has 0 aliphatic carbocycles. The second kappa shape index (κ2) is 11.7. The zero-order valence-corrected chi connectivity index (χ0v) is 23.1. The predicted molar refractivity (Wildman–Crippen MR) is 143 cm³/mol. The molecule has 3 aromatic rings. The highest BCUT2D eigenvalue weighted by Crippen LogP contribution is 2.28. The molecule has 0 heterocycles. The zero-order valence-electron chi connectivity index (χ0n) is 22.1. The van der Waals surface area contributed by atoms with E-state index < -0.39 is 26.8 Å². The van der Waals surface area contributed by atoms with Crippen LogP contribution in [0.1, 0.15) is 49.2 Å². The molecule has 0 aromatic heterocycles. The third kappa shape index (κ3) is 7.46. The van der Waals surface area contributed by atoms with Crippen LogP contribution >= 0.6 is 0 Å². The molecule has 0 aliphatic rings. The molecule has 2 N–H and O–H groups in total. The van der Waals surface area contributed by atoms with Gasteiger partial charge in [0.2, 0.25) is 5.72 Å². The van der Waals surface area contributed by atoms with Crippen LogP contribution in [0.15, 0.2) is 72.8 Å². The molecule has 203 valence electrons. The number of rotatable bonds is 9. The van der Waals surface area contributed by atoms with Crippen LogP contribution in [0.4, 0.5) is 13.2 Å². The van der Waals surface area contributed by atoms with Crippen molar-refractivity contribution >= 4 is 25.3 Å². The van der Waals surface area contributed by atoms with Crippen LogP contribution in [-0.2, 0) is 9.84 Å². The highest BCUT2D eigenvalue weighted by molar-refractivity contribution is 6.80. The molecule has 1 unspecified atom stereocenters. The van der Waals surface area contributed by atoms with Crippen molar-refractivity contribution in [3.05, 3.63) is 89.5 Å². The highest BCUT2D eigenvalue weighted by Gasteiger charge is 2.51. The second-order valence-corrected chi connectivity index (χ2v) is 12.3. The monoisotopic (exact) mass is 544 g/mol. The summed E-state index contributed by atoms with van der Waals surface area (Å²) in [6.45, 7) is 9.15. The minimum absolute atomic E-state index is 0.00593. The highest BCUT2D eigenvalue weighted by atomic mass is 28.3. The first kappa shape index (κ1) is 29.4. The number of aryl methyl sites for hydroxylation is 1. The van der Waals surface area contributed by atoms with Crippen molar-refractivity contribution < 1.29 is 32.2 Å². The standard InChI is InChI=1S/C29H33F3NO4Si/c1-20-19-22(13-16-25(20)26(34)33-28(5,35)29(30,31)32)36-17-18-37-38(23-9-7-6-8-10-23)24-14-11-21(12-15-24)27(2,3)4/h6-16,19,35H,17-18H2,1-5H3,(H,33,34). The summed E-state index contributed by atoms with van der Waals surface area (Å²) in [5.41, 5.74) is -1.63. The predicted octanol–water partition coefficient (Wildman–Crippen LogP) is 4.49. The van der Waals surface area contributed by atoms with Gasteiger partial charge in [0.15, 0.2) is 0 Å². The van der Waals surface area contributed by atoms with Crippen LogP contribution in [-0.4, -0.2) is 45.2 Å². The lowest BCUT2D eigenvalue weighted by Gasteiger charge is -2.27. The molecular weight excluding hydrogens is 511 g/mol. The van der Waals surface area contributed by atoms with Crippen molar-refractivity contribution in [2.75, 3.05) is 13.2 Å². The molecule has 5 nitrogen and oxygen atoms in total. The number of benzene rings is 3. The average Bonchev–Trinajstić information content (AvgIpc) is 2.83. The molecule has 0 saturated heterocycles. The summed E-state index contributed by atoms with van der Waals surface area (Å²) in [4.78, 5) is 12.3. The first-order chi connectivity index (χ1) is 17.7. The van der Waals surface area contributed by atoms with Gasteiger partial charge in [0.1, 0.15) is 12.4 Å². The fourth-order valence-electron chi connectivity index (χ4n) is 3.69. The second-order valence-electron chi connectivity index (χ2n) is 10.2. The van der Waals surface area contributed by atoms with Crippen LogP contribution < -0.4 is 20.4 Å². The van der Waals surface area contributed by atoms with Gasteiger partial charge < -0.3 is 19.6 Å². The van der Waals surface area contributed by atoms with Gasteiger partial charge in [-0.25, -0.2) is 0 Å². The number of carbonyl (C=O) groups is 1. The third-order valence-electron chi connectivity index (χ3n) is 6.00. The summed E-state index contributed by atoms with van der Waals surface area (Å²) in [5.74, 6) is -0.583. The number of carbonyl (C=O) groups excluding carboxylic acids is 1. The number of amides is 1. The summed E-state index contributed by atoms with van der Waals surface area (Å²) in [6.07, 6.45) is -5.01. The molecule has 0 fully saturated rings. The molecule has 3 rings (SSSR count). The summed E-state index contributed by atoms with van der Waals surface area (Å²) < 4.78 is 50.8. The number of alkyl halides is 3. The Morgan fingerprint density at radius 3 is 2.05 bits per heavy atom. The van der Waals surface area contributed by atoms with Crippen molar-refractivity contribution in [1.29, 1.82) is 0 Å². The topological polar surface area (TPSA) is 67.8 Å². The maximum Gasteiger partial charge on any atom is 0.436 e. The van der Waals surface area contributed by atoms with Gasteiger partial charge in [0.25, 0.3) is 14.9 Å². The molecule has 1 amide bonds. The van der Waals surface area contributed by atoms with Crippen molar-refractivity contribution in [3.63, 3.8) is 0 Å². The van der Waals surface area contributed by atoms with E-state index in [-0.39, 0.29) is 17.6 Å². The Morgan fingerprint density at radius 1 is 0.895 bits per heavy atom. The lowest BCUT2D eigenvalue weighted by Crippen LogP contribution is -2.56. The maximum absolute atomic E-state index is 12.9. The summed E-state index contributed by atoms with van der Waals surface area (Å²) in [6, 6.07) is 23.0.